The van der Waals surface area contributed by atoms with E-state index in [-0.39, 0.29) is 11.8 Å². The predicted molar refractivity (Wildman–Crippen MR) is 124 cm³/mol. The molecule has 4 heterocycles. The van der Waals surface area contributed by atoms with Crippen molar-refractivity contribution < 1.29 is 13.2 Å². The molecule has 0 spiro atoms. The monoisotopic (exact) mass is 476 g/mol. The molecule has 5 rings (SSSR count). The molecule has 0 saturated carbocycles. The second-order valence-corrected chi connectivity index (χ2v) is 12.0. The van der Waals surface area contributed by atoms with Crippen molar-refractivity contribution in [2.24, 2.45) is 5.92 Å². The Morgan fingerprint density at radius 3 is 2.39 bits per heavy atom. The standard InChI is InChI=1S/C21H24N4O3S3/c26-20(16-7-9-25(10-8-16)31(27,28)19-6-3-15-29-19)23-11-13-24(14-12-23)21-22-17-4-1-2-5-18(17)30-21/h1-6,15-16H,7-14H2. The maximum absolute atomic E-state index is 13.1. The van der Waals surface area contributed by atoms with Gasteiger partial charge in [0.25, 0.3) is 10.0 Å². The van der Waals surface area contributed by atoms with Crippen LogP contribution in [0.5, 0.6) is 0 Å². The van der Waals surface area contributed by atoms with Crippen LogP contribution in [0.2, 0.25) is 0 Å². The van der Waals surface area contributed by atoms with Crippen molar-refractivity contribution in [3.05, 3.63) is 41.8 Å². The third kappa shape index (κ3) is 4.09. The molecule has 0 radical (unpaired) electrons. The Kier molecular flexibility index (Phi) is 5.72. The van der Waals surface area contributed by atoms with E-state index in [2.05, 4.69) is 11.0 Å². The van der Waals surface area contributed by atoms with Crippen molar-refractivity contribution in [1.29, 1.82) is 0 Å². The number of sulfonamides is 1. The number of fused-ring (bicyclic) bond motifs is 1. The van der Waals surface area contributed by atoms with Gasteiger partial charge in [-0.2, -0.15) is 4.31 Å². The Bertz CT molecular complexity index is 1130. The van der Waals surface area contributed by atoms with Crippen LogP contribution in [-0.2, 0) is 14.8 Å². The number of hydrogen-bond acceptors (Lipinski definition) is 7. The molecule has 0 bridgehead atoms. The number of nitrogens with zero attached hydrogens (tertiary/aromatic N) is 4. The zero-order chi connectivity index (χ0) is 21.4. The summed E-state index contributed by atoms with van der Waals surface area (Å²) in [6.45, 7) is 3.73. The van der Waals surface area contributed by atoms with Crippen LogP contribution < -0.4 is 4.90 Å². The van der Waals surface area contributed by atoms with E-state index < -0.39 is 10.0 Å². The smallest absolute Gasteiger partial charge is 0.252 e. The number of thiophene rings is 1. The van der Waals surface area contributed by atoms with Gasteiger partial charge in [-0.05, 0) is 36.4 Å². The van der Waals surface area contributed by atoms with Gasteiger partial charge in [0, 0.05) is 45.2 Å². The van der Waals surface area contributed by atoms with E-state index in [0.717, 1.165) is 23.7 Å². The van der Waals surface area contributed by atoms with Crippen molar-refractivity contribution >= 4 is 54.0 Å². The van der Waals surface area contributed by atoms with Crippen molar-refractivity contribution in [1.82, 2.24) is 14.2 Å². The van der Waals surface area contributed by atoms with Crippen LogP contribution in [-0.4, -0.2) is 67.8 Å². The highest BCUT2D eigenvalue weighted by atomic mass is 32.2. The fourth-order valence-corrected chi connectivity index (χ4v) is 7.88. The first-order chi connectivity index (χ1) is 15.0. The highest BCUT2D eigenvalue weighted by Gasteiger charge is 2.35. The molecule has 2 aliphatic rings. The molecule has 0 aliphatic carbocycles. The summed E-state index contributed by atoms with van der Waals surface area (Å²) in [6, 6.07) is 11.5. The maximum Gasteiger partial charge on any atom is 0.252 e. The van der Waals surface area contributed by atoms with Gasteiger partial charge in [0.05, 0.1) is 10.2 Å². The molecule has 2 aliphatic heterocycles. The van der Waals surface area contributed by atoms with Gasteiger partial charge in [0.15, 0.2) is 5.13 Å². The normalized spacial score (nSPS) is 19.2. The number of rotatable bonds is 4. The fourth-order valence-electron chi connectivity index (χ4n) is 4.25. The Balaban J connectivity index is 1.16. The molecule has 1 amide bonds. The van der Waals surface area contributed by atoms with Crippen LogP contribution in [0.25, 0.3) is 10.2 Å². The number of piperazine rings is 1. The van der Waals surface area contributed by atoms with E-state index in [1.54, 1.807) is 28.8 Å². The van der Waals surface area contributed by atoms with Crippen molar-refractivity contribution in [3.8, 4) is 0 Å². The summed E-state index contributed by atoms with van der Waals surface area (Å²) in [7, 11) is -3.43. The van der Waals surface area contributed by atoms with Gasteiger partial charge in [-0.15, -0.1) is 11.3 Å². The average molecular weight is 477 g/mol. The lowest BCUT2D eigenvalue weighted by atomic mass is 9.96. The van der Waals surface area contributed by atoms with E-state index in [0.29, 0.717) is 43.2 Å². The number of carbonyl (C=O) groups is 1. The van der Waals surface area contributed by atoms with Gasteiger partial charge >= 0.3 is 0 Å². The van der Waals surface area contributed by atoms with Crippen LogP contribution in [0, 0.1) is 5.92 Å². The first kappa shape index (κ1) is 20.9. The van der Waals surface area contributed by atoms with E-state index in [1.807, 2.05) is 23.1 Å². The summed E-state index contributed by atoms with van der Waals surface area (Å²) in [5.41, 5.74) is 1.02. The number of thiazole rings is 1. The lowest BCUT2D eigenvalue weighted by molar-refractivity contribution is -0.137. The number of piperidine rings is 1. The minimum atomic E-state index is -3.43. The summed E-state index contributed by atoms with van der Waals surface area (Å²) in [4.78, 5) is 22.0. The fraction of sp³-hybridized carbons (Fsp3) is 0.429. The summed E-state index contributed by atoms with van der Waals surface area (Å²) in [5, 5.41) is 2.79. The number of hydrogen-bond donors (Lipinski definition) is 0. The van der Waals surface area contributed by atoms with Crippen molar-refractivity contribution in [3.63, 3.8) is 0 Å². The molecule has 7 nitrogen and oxygen atoms in total. The van der Waals surface area contributed by atoms with Gasteiger partial charge in [0.1, 0.15) is 4.21 Å². The lowest BCUT2D eigenvalue weighted by Gasteiger charge is -2.38. The van der Waals surface area contributed by atoms with E-state index in [1.165, 1.54) is 20.3 Å². The van der Waals surface area contributed by atoms with Crippen LogP contribution >= 0.6 is 22.7 Å². The summed E-state index contributed by atoms with van der Waals surface area (Å²) in [5.74, 6) is 0.0703. The number of anilines is 1. The SMILES string of the molecule is O=C(C1CCN(S(=O)(=O)c2cccs2)CC1)N1CCN(c2nc3ccccc3s2)CC1. The highest BCUT2D eigenvalue weighted by molar-refractivity contribution is 7.91. The number of para-hydroxylation sites is 1. The Morgan fingerprint density at radius 2 is 1.71 bits per heavy atom. The molecule has 2 aromatic heterocycles. The summed E-state index contributed by atoms with van der Waals surface area (Å²) in [6.07, 6.45) is 1.17. The summed E-state index contributed by atoms with van der Waals surface area (Å²) < 4.78 is 28.5. The van der Waals surface area contributed by atoms with Crippen LogP contribution in [0.15, 0.2) is 46.0 Å². The molecular weight excluding hydrogens is 452 g/mol. The van der Waals surface area contributed by atoms with Gasteiger partial charge in [-0.25, -0.2) is 13.4 Å². The van der Waals surface area contributed by atoms with Gasteiger partial charge in [0.2, 0.25) is 5.91 Å². The van der Waals surface area contributed by atoms with Crippen molar-refractivity contribution in [2.75, 3.05) is 44.2 Å². The molecule has 1 aromatic carbocycles. The Hall–Kier alpha value is -2.01. The van der Waals surface area contributed by atoms with E-state index in [9.17, 15) is 13.2 Å². The topological polar surface area (TPSA) is 73.8 Å². The van der Waals surface area contributed by atoms with E-state index >= 15 is 0 Å². The third-order valence-electron chi connectivity index (χ3n) is 6.04. The molecule has 2 saturated heterocycles. The minimum absolute atomic E-state index is 0.0937. The molecule has 0 unspecified atom stereocenters. The molecule has 31 heavy (non-hydrogen) atoms. The largest absolute Gasteiger partial charge is 0.345 e. The molecule has 0 atom stereocenters. The molecular formula is C21H24N4O3S3. The van der Waals surface area contributed by atoms with Crippen LogP contribution in [0.1, 0.15) is 12.8 Å². The third-order valence-corrected chi connectivity index (χ3v) is 10.4. The molecule has 2 fully saturated rings. The second kappa shape index (κ2) is 8.50. The molecule has 3 aromatic rings. The number of aromatic nitrogens is 1. The first-order valence-electron chi connectivity index (χ1n) is 10.5. The number of amides is 1. The molecule has 0 N–H and O–H groups in total. The van der Waals surface area contributed by atoms with E-state index in [4.69, 9.17) is 4.98 Å². The zero-order valence-corrected chi connectivity index (χ0v) is 19.5. The number of benzene rings is 1. The zero-order valence-electron chi connectivity index (χ0n) is 17.0. The number of carbonyl (C=O) groups excluding carboxylic acids is 1. The minimum Gasteiger partial charge on any atom is -0.345 e. The average Bonchev–Trinajstić information content (AvgIpc) is 3.49. The second-order valence-electron chi connectivity index (χ2n) is 7.89. The van der Waals surface area contributed by atoms with Crippen molar-refractivity contribution in [2.45, 2.75) is 17.1 Å². The Morgan fingerprint density at radius 1 is 0.968 bits per heavy atom. The van der Waals surface area contributed by atoms with Gasteiger partial charge in [-0.1, -0.05) is 29.5 Å². The molecule has 10 heteroatoms. The Labute approximate surface area is 190 Å². The van der Waals surface area contributed by atoms with Gasteiger partial charge < -0.3 is 9.80 Å². The van der Waals surface area contributed by atoms with Gasteiger partial charge in [-0.3, -0.25) is 4.79 Å². The quantitative estimate of drug-likeness (QED) is 0.579. The van der Waals surface area contributed by atoms with Crippen LogP contribution in [0.3, 0.4) is 0 Å². The predicted octanol–water partition coefficient (Wildman–Crippen LogP) is 3.11. The highest BCUT2D eigenvalue weighted by Crippen LogP contribution is 2.30. The summed E-state index contributed by atoms with van der Waals surface area (Å²) >= 11 is 2.93. The first-order valence-corrected chi connectivity index (χ1v) is 13.6. The van der Waals surface area contributed by atoms with Crippen LogP contribution in [0.4, 0.5) is 5.13 Å². The maximum atomic E-state index is 13.1. The molecule has 164 valence electrons. The lowest BCUT2D eigenvalue weighted by Crippen LogP contribution is -2.52.